The molecule has 3 aromatic rings. The van der Waals surface area contributed by atoms with Gasteiger partial charge in [-0.15, -0.1) is 0 Å². The summed E-state index contributed by atoms with van der Waals surface area (Å²) in [7, 11) is 2.09. The number of carbonyl (C=O) groups is 1. The third-order valence-electron chi connectivity index (χ3n) is 5.80. The number of aromatic nitrogens is 4. The number of para-hydroxylation sites is 2. The molecule has 2 aromatic heterocycles. The molecule has 4 heterocycles. The lowest BCUT2D eigenvalue weighted by Gasteiger charge is -2.40. The molecule has 2 fully saturated rings. The highest BCUT2D eigenvalue weighted by molar-refractivity contribution is 5.93. The van der Waals surface area contributed by atoms with E-state index in [0.29, 0.717) is 18.2 Å². The number of piperidine rings is 1. The van der Waals surface area contributed by atoms with Gasteiger partial charge in [0.05, 0.1) is 17.0 Å². The van der Waals surface area contributed by atoms with Crippen LogP contribution in [0, 0.1) is 6.92 Å². The summed E-state index contributed by atoms with van der Waals surface area (Å²) in [6.07, 6.45) is 2.61. The first kappa shape index (κ1) is 17.2. The van der Waals surface area contributed by atoms with Gasteiger partial charge in [-0.25, -0.2) is 15.0 Å². The van der Waals surface area contributed by atoms with Gasteiger partial charge in [0.15, 0.2) is 0 Å². The highest BCUT2D eigenvalue weighted by Gasteiger charge is 2.33. The second-order valence-electron chi connectivity index (χ2n) is 7.75. The van der Waals surface area contributed by atoms with Gasteiger partial charge in [-0.2, -0.15) is 0 Å². The molecule has 28 heavy (non-hydrogen) atoms. The topological polar surface area (TPSA) is 67.2 Å². The fraction of sp³-hybridized carbons (Fsp3) is 0.429. The molecule has 5 rings (SSSR count). The van der Waals surface area contributed by atoms with Gasteiger partial charge >= 0.3 is 0 Å². The van der Waals surface area contributed by atoms with Crippen molar-refractivity contribution in [2.24, 2.45) is 7.05 Å². The van der Waals surface area contributed by atoms with Crippen LogP contribution in [0.4, 0.5) is 11.6 Å². The third-order valence-corrected chi connectivity index (χ3v) is 5.80. The zero-order valence-electron chi connectivity index (χ0n) is 16.3. The molecule has 2 aliphatic rings. The van der Waals surface area contributed by atoms with Gasteiger partial charge in [-0.05, 0) is 31.9 Å². The number of benzene rings is 1. The minimum Gasteiger partial charge on any atom is -0.355 e. The van der Waals surface area contributed by atoms with Crippen LogP contribution >= 0.6 is 0 Å². The van der Waals surface area contributed by atoms with Gasteiger partial charge in [0, 0.05) is 39.2 Å². The average molecular weight is 376 g/mol. The summed E-state index contributed by atoms with van der Waals surface area (Å²) in [5.41, 5.74) is 2.21. The van der Waals surface area contributed by atoms with Crippen LogP contribution in [0.5, 0.6) is 0 Å². The number of fused-ring (bicyclic) bond motifs is 1. The minimum atomic E-state index is 0.163. The quantitative estimate of drug-likeness (QED) is 0.703. The molecule has 0 spiro atoms. The maximum absolute atomic E-state index is 12.3. The van der Waals surface area contributed by atoms with Gasteiger partial charge in [0.2, 0.25) is 5.91 Å². The SMILES string of the molecule is Cc1nc(N2CC(c3nc4ccccc4n3C)C2)cc(N2CCCCC2=O)n1. The molecule has 0 bridgehead atoms. The average Bonchev–Trinajstić information content (AvgIpc) is 2.97. The number of imidazole rings is 1. The maximum Gasteiger partial charge on any atom is 0.228 e. The molecule has 7 nitrogen and oxygen atoms in total. The number of hydrogen-bond acceptors (Lipinski definition) is 5. The van der Waals surface area contributed by atoms with Crippen LogP contribution in [0.2, 0.25) is 0 Å². The lowest BCUT2D eigenvalue weighted by Crippen LogP contribution is -2.46. The van der Waals surface area contributed by atoms with Gasteiger partial charge in [-0.1, -0.05) is 12.1 Å². The summed E-state index contributed by atoms with van der Waals surface area (Å²) in [4.78, 5) is 30.3. The van der Waals surface area contributed by atoms with E-state index in [0.717, 1.165) is 55.5 Å². The molecule has 0 saturated carbocycles. The van der Waals surface area contributed by atoms with E-state index in [4.69, 9.17) is 4.98 Å². The van der Waals surface area contributed by atoms with Gasteiger partial charge in [0.1, 0.15) is 23.3 Å². The van der Waals surface area contributed by atoms with Crippen LogP contribution in [-0.4, -0.2) is 45.1 Å². The van der Waals surface area contributed by atoms with Crippen LogP contribution in [0.3, 0.4) is 0 Å². The van der Waals surface area contributed by atoms with Crippen LogP contribution in [0.1, 0.15) is 36.8 Å². The van der Waals surface area contributed by atoms with E-state index in [1.54, 1.807) is 0 Å². The Morgan fingerprint density at radius 3 is 2.61 bits per heavy atom. The second-order valence-corrected chi connectivity index (χ2v) is 7.75. The summed E-state index contributed by atoms with van der Waals surface area (Å²) >= 11 is 0. The molecule has 2 saturated heterocycles. The normalized spacial score (nSPS) is 18.0. The molecule has 2 aliphatic heterocycles. The molecule has 0 N–H and O–H groups in total. The lowest BCUT2D eigenvalue weighted by atomic mass is 9.99. The summed E-state index contributed by atoms with van der Waals surface area (Å²) in [6.45, 7) is 4.39. The Labute approximate surface area is 164 Å². The van der Waals surface area contributed by atoms with Crippen LogP contribution in [0.25, 0.3) is 11.0 Å². The summed E-state index contributed by atoms with van der Waals surface area (Å²) < 4.78 is 2.19. The van der Waals surface area contributed by atoms with E-state index in [1.165, 1.54) is 5.52 Å². The van der Waals surface area contributed by atoms with Crippen molar-refractivity contribution in [1.29, 1.82) is 0 Å². The smallest absolute Gasteiger partial charge is 0.228 e. The van der Waals surface area contributed by atoms with Gasteiger partial charge in [0.25, 0.3) is 0 Å². The van der Waals surface area contributed by atoms with E-state index < -0.39 is 0 Å². The summed E-state index contributed by atoms with van der Waals surface area (Å²) in [6, 6.07) is 10.2. The Morgan fingerprint density at radius 2 is 1.82 bits per heavy atom. The number of aryl methyl sites for hydroxylation is 2. The van der Waals surface area contributed by atoms with Crippen LogP contribution in [0.15, 0.2) is 30.3 Å². The zero-order chi connectivity index (χ0) is 19.3. The number of amides is 1. The number of nitrogens with zero attached hydrogens (tertiary/aromatic N) is 6. The van der Waals surface area contributed by atoms with Crippen molar-refractivity contribution >= 4 is 28.6 Å². The Balaban J connectivity index is 1.37. The first-order valence-corrected chi connectivity index (χ1v) is 9.92. The molecular weight excluding hydrogens is 352 g/mol. The van der Waals surface area contributed by atoms with Crippen molar-refractivity contribution in [3.8, 4) is 0 Å². The zero-order valence-corrected chi connectivity index (χ0v) is 16.3. The molecule has 144 valence electrons. The van der Waals surface area contributed by atoms with E-state index >= 15 is 0 Å². The Bertz CT molecular complexity index is 1050. The van der Waals surface area contributed by atoms with Crippen molar-refractivity contribution in [3.05, 3.63) is 42.0 Å². The van der Waals surface area contributed by atoms with Crippen LogP contribution in [-0.2, 0) is 11.8 Å². The van der Waals surface area contributed by atoms with Gasteiger partial charge in [-0.3, -0.25) is 9.69 Å². The van der Waals surface area contributed by atoms with E-state index in [2.05, 4.69) is 38.6 Å². The first-order valence-electron chi connectivity index (χ1n) is 9.92. The Morgan fingerprint density at radius 1 is 1.04 bits per heavy atom. The largest absolute Gasteiger partial charge is 0.355 e. The lowest BCUT2D eigenvalue weighted by molar-refractivity contribution is -0.119. The second kappa shape index (κ2) is 6.58. The molecule has 7 heteroatoms. The van der Waals surface area contributed by atoms with Crippen molar-refractivity contribution in [3.63, 3.8) is 0 Å². The Hall–Kier alpha value is -2.96. The maximum atomic E-state index is 12.3. The molecule has 1 amide bonds. The molecule has 0 unspecified atom stereocenters. The standard InChI is InChI=1S/C21H24N6O/c1-14-22-18(11-19(23-14)27-10-6-5-9-20(27)28)26-12-15(13-26)21-24-16-7-3-4-8-17(16)25(21)2/h3-4,7-8,11,15H,5-6,9-10,12-13H2,1-2H3. The van der Waals surface area contributed by atoms with E-state index in [-0.39, 0.29) is 5.91 Å². The predicted octanol–water partition coefficient (Wildman–Crippen LogP) is 2.79. The number of carbonyl (C=O) groups excluding carboxylic acids is 1. The first-order chi connectivity index (χ1) is 13.6. The molecular formula is C21H24N6O. The van der Waals surface area contributed by atoms with Crippen molar-refractivity contribution < 1.29 is 4.79 Å². The van der Waals surface area contributed by atoms with E-state index in [1.807, 2.05) is 30.0 Å². The summed E-state index contributed by atoms with van der Waals surface area (Å²) in [5, 5.41) is 0. The fourth-order valence-electron chi connectivity index (χ4n) is 4.24. The monoisotopic (exact) mass is 376 g/mol. The fourth-order valence-corrected chi connectivity index (χ4v) is 4.24. The van der Waals surface area contributed by atoms with Crippen LogP contribution < -0.4 is 9.80 Å². The molecule has 0 aliphatic carbocycles. The molecule has 0 radical (unpaired) electrons. The molecule has 0 atom stereocenters. The van der Waals surface area contributed by atoms with E-state index in [9.17, 15) is 4.79 Å². The number of anilines is 2. The van der Waals surface area contributed by atoms with Crippen molar-refractivity contribution in [1.82, 2.24) is 19.5 Å². The van der Waals surface area contributed by atoms with Crippen molar-refractivity contribution in [2.75, 3.05) is 29.4 Å². The van der Waals surface area contributed by atoms with Crippen molar-refractivity contribution in [2.45, 2.75) is 32.1 Å². The van der Waals surface area contributed by atoms with Gasteiger partial charge < -0.3 is 9.47 Å². The number of hydrogen-bond donors (Lipinski definition) is 0. The Kier molecular flexibility index (Phi) is 4.03. The molecule has 1 aromatic carbocycles. The third kappa shape index (κ3) is 2.82. The predicted molar refractivity (Wildman–Crippen MR) is 109 cm³/mol. The minimum absolute atomic E-state index is 0.163. The number of rotatable bonds is 3. The summed E-state index contributed by atoms with van der Waals surface area (Å²) in [5.74, 6) is 4.00. The highest BCUT2D eigenvalue weighted by Crippen LogP contribution is 2.33. The highest BCUT2D eigenvalue weighted by atomic mass is 16.2.